The van der Waals surface area contributed by atoms with Crippen molar-refractivity contribution in [3.05, 3.63) is 24.3 Å². The highest BCUT2D eigenvalue weighted by Gasteiger charge is 2.50. The summed E-state index contributed by atoms with van der Waals surface area (Å²) in [6.45, 7) is 7.88. The largest absolute Gasteiger partial charge is 0.493 e. The number of ether oxygens (including phenoxy) is 2. The standard InChI is InChI=1S/C19H27NO3/c1-18(2)9-14-10-19(3,12-18)13-20(14)17(21)11-23-16-8-6-5-7-15(16)22-4/h5-8,14H,9-13H2,1-4H3/t14-,19+/m0/s1. The predicted molar refractivity (Wildman–Crippen MR) is 89.7 cm³/mol. The molecule has 0 unspecified atom stereocenters. The fraction of sp³-hybridized carbons (Fsp3) is 0.632. The molecule has 1 amide bonds. The first-order valence-electron chi connectivity index (χ1n) is 8.37. The van der Waals surface area contributed by atoms with Gasteiger partial charge in [0.15, 0.2) is 18.1 Å². The van der Waals surface area contributed by atoms with Gasteiger partial charge in [-0.2, -0.15) is 0 Å². The molecule has 126 valence electrons. The summed E-state index contributed by atoms with van der Waals surface area (Å²) >= 11 is 0. The Kier molecular flexibility index (Phi) is 4.03. The average molecular weight is 317 g/mol. The first-order valence-corrected chi connectivity index (χ1v) is 8.37. The van der Waals surface area contributed by atoms with Gasteiger partial charge in [0.05, 0.1) is 7.11 Å². The van der Waals surface area contributed by atoms with Crippen LogP contribution in [-0.2, 0) is 4.79 Å². The summed E-state index contributed by atoms with van der Waals surface area (Å²) in [5, 5.41) is 0. The highest BCUT2D eigenvalue weighted by Crippen LogP contribution is 2.52. The van der Waals surface area contributed by atoms with Gasteiger partial charge in [-0.05, 0) is 42.2 Å². The van der Waals surface area contributed by atoms with Crippen LogP contribution in [0.5, 0.6) is 11.5 Å². The molecule has 1 heterocycles. The molecule has 3 rings (SSSR count). The zero-order chi connectivity index (χ0) is 16.7. The van der Waals surface area contributed by atoms with Crippen molar-refractivity contribution >= 4 is 5.91 Å². The van der Waals surface area contributed by atoms with Gasteiger partial charge in [0.2, 0.25) is 0 Å². The van der Waals surface area contributed by atoms with Crippen LogP contribution < -0.4 is 9.47 Å². The minimum Gasteiger partial charge on any atom is -0.493 e. The van der Waals surface area contributed by atoms with Crippen LogP contribution in [0.25, 0.3) is 0 Å². The molecule has 0 N–H and O–H groups in total. The van der Waals surface area contributed by atoms with E-state index in [2.05, 4.69) is 20.8 Å². The summed E-state index contributed by atoms with van der Waals surface area (Å²) in [6, 6.07) is 7.80. The molecule has 1 aromatic rings. The van der Waals surface area contributed by atoms with E-state index in [0.717, 1.165) is 19.4 Å². The van der Waals surface area contributed by atoms with E-state index in [0.29, 0.717) is 23.0 Å². The minimum atomic E-state index is 0.0768. The molecule has 0 radical (unpaired) electrons. The number of carbonyl (C=O) groups excluding carboxylic acids is 1. The van der Waals surface area contributed by atoms with E-state index in [9.17, 15) is 4.79 Å². The van der Waals surface area contributed by atoms with Crippen LogP contribution in [0.3, 0.4) is 0 Å². The van der Waals surface area contributed by atoms with E-state index in [1.165, 1.54) is 6.42 Å². The van der Waals surface area contributed by atoms with Crippen LogP contribution in [0.2, 0.25) is 0 Å². The third-order valence-electron chi connectivity index (χ3n) is 5.16. The van der Waals surface area contributed by atoms with Gasteiger partial charge < -0.3 is 14.4 Å². The minimum absolute atomic E-state index is 0.0768. The number of rotatable bonds is 4. The van der Waals surface area contributed by atoms with Crippen LogP contribution in [0.15, 0.2) is 24.3 Å². The van der Waals surface area contributed by atoms with Gasteiger partial charge in [-0.15, -0.1) is 0 Å². The van der Waals surface area contributed by atoms with E-state index in [4.69, 9.17) is 9.47 Å². The molecule has 1 aliphatic heterocycles. The van der Waals surface area contributed by atoms with Gasteiger partial charge in [-0.1, -0.05) is 32.9 Å². The Labute approximate surface area is 138 Å². The molecule has 2 aliphatic rings. The molecule has 1 aromatic carbocycles. The zero-order valence-electron chi connectivity index (χ0n) is 14.6. The van der Waals surface area contributed by atoms with E-state index in [-0.39, 0.29) is 17.9 Å². The summed E-state index contributed by atoms with van der Waals surface area (Å²) in [5.41, 5.74) is 0.572. The number of amides is 1. The number of hydrogen-bond donors (Lipinski definition) is 0. The number of carbonyl (C=O) groups is 1. The molecular weight excluding hydrogens is 290 g/mol. The summed E-state index contributed by atoms with van der Waals surface area (Å²) in [6.07, 6.45) is 3.40. The molecule has 0 aromatic heterocycles. The second-order valence-corrected chi connectivity index (χ2v) is 8.17. The number of benzene rings is 1. The lowest BCUT2D eigenvalue weighted by Crippen LogP contribution is -2.40. The van der Waals surface area contributed by atoms with Gasteiger partial charge in [0.25, 0.3) is 5.91 Å². The SMILES string of the molecule is COc1ccccc1OCC(=O)N1C[C@]2(C)C[C@@H]1CC(C)(C)C2. The molecule has 4 nitrogen and oxygen atoms in total. The number of hydrogen-bond acceptors (Lipinski definition) is 3. The maximum absolute atomic E-state index is 12.7. The zero-order valence-corrected chi connectivity index (χ0v) is 14.6. The average Bonchev–Trinajstić information content (AvgIpc) is 2.74. The first kappa shape index (κ1) is 16.2. The smallest absolute Gasteiger partial charge is 0.260 e. The lowest BCUT2D eigenvalue weighted by molar-refractivity contribution is -0.134. The first-order chi connectivity index (χ1) is 10.8. The fourth-order valence-electron chi connectivity index (χ4n) is 4.71. The topological polar surface area (TPSA) is 38.8 Å². The Morgan fingerprint density at radius 1 is 1.22 bits per heavy atom. The fourth-order valence-corrected chi connectivity index (χ4v) is 4.71. The highest BCUT2D eigenvalue weighted by atomic mass is 16.5. The Balaban J connectivity index is 1.65. The maximum Gasteiger partial charge on any atom is 0.260 e. The van der Waals surface area contributed by atoms with Gasteiger partial charge >= 0.3 is 0 Å². The molecular formula is C19H27NO3. The van der Waals surface area contributed by atoms with Crippen molar-refractivity contribution in [3.63, 3.8) is 0 Å². The second-order valence-electron chi connectivity index (χ2n) is 8.17. The molecule has 1 saturated carbocycles. The number of methoxy groups -OCH3 is 1. The van der Waals surface area contributed by atoms with Crippen molar-refractivity contribution in [2.45, 2.75) is 46.1 Å². The molecule has 2 fully saturated rings. The number of likely N-dealkylation sites (tertiary alicyclic amines) is 1. The maximum atomic E-state index is 12.7. The summed E-state index contributed by atoms with van der Waals surface area (Å²) in [7, 11) is 1.61. The van der Waals surface area contributed by atoms with Crippen LogP contribution in [0.1, 0.15) is 40.0 Å². The van der Waals surface area contributed by atoms with Gasteiger partial charge in [0.1, 0.15) is 0 Å². The normalized spacial score (nSPS) is 28.5. The molecule has 2 atom stereocenters. The number of nitrogens with zero attached hydrogens (tertiary/aromatic N) is 1. The Morgan fingerprint density at radius 2 is 1.91 bits per heavy atom. The number of para-hydroxylation sites is 2. The third-order valence-corrected chi connectivity index (χ3v) is 5.16. The molecule has 4 heteroatoms. The monoisotopic (exact) mass is 317 g/mol. The van der Waals surface area contributed by atoms with Gasteiger partial charge in [0, 0.05) is 12.6 Å². The highest BCUT2D eigenvalue weighted by molar-refractivity contribution is 5.78. The van der Waals surface area contributed by atoms with Crippen molar-refractivity contribution in [2.24, 2.45) is 10.8 Å². The van der Waals surface area contributed by atoms with Gasteiger partial charge in [-0.25, -0.2) is 0 Å². The quantitative estimate of drug-likeness (QED) is 0.853. The molecule has 2 bridgehead atoms. The van der Waals surface area contributed by atoms with E-state index in [1.807, 2.05) is 29.2 Å². The second kappa shape index (κ2) is 5.73. The molecule has 1 aliphatic carbocycles. The van der Waals surface area contributed by atoms with Crippen LogP contribution in [0, 0.1) is 10.8 Å². The van der Waals surface area contributed by atoms with Crippen molar-refractivity contribution in [2.75, 3.05) is 20.3 Å². The van der Waals surface area contributed by atoms with Crippen LogP contribution in [-0.4, -0.2) is 37.1 Å². The lowest BCUT2D eigenvalue weighted by atomic mass is 9.65. The van der Waals surface area contributed by atoms with Crippen molar-refractivity contribution in [3.8, 4) is 11.5 Å². The molecule has 0 spiro atoms. The van der Waals surface area contributed by atoms with Crippen LogP contribution in [0.4, 0.5) is 0 Å². The number of fused-ring (bicyclic) bond motifs is 2. The van der Waals surface area contributed by atoms with Gasteiger partial charge in [-0.3, -0.25) is 4.79 Å². The lowest BCUT2D eigenvalue weighted by Gasteiger charge is -2.39. The van der Waals surface area contributed by atoms with Crippen molar-refractivity contribution < 1.29 is 14.3 Å². The summed E-state index contributed by atoms with van der Waals surface area (Å²) in [4.78, 5) is 14.7. The van der Waals surface area contributed by atoms with Crippen molar-refractivity contribution in [1.29, 1.82) is 0 Å². The van der Waals surface area contributed by atoms with Crippen molar-refractivity contribution in [1.82, 2.24) is 4.90 Å². The van der Waals surface area contributed by atoms with E-state index < -0.39 is 0 Å². The molecule has 23 heavy (non-hydrogen) atoms. The Morgan fingerprint density at radius 3 is 2.61 bits per heavy atom. The Bertz CT molecular complexity index is 598. The van der Waals surface area contributed by atoms with E-state index >= 15 is 0 Å². The predicted octanol–water partition coefficient (Wildman–Crippen LogP) is 3.50. The Hall–Kier alpha value is -1.71. The summed E-state index contributed by atoms with van der Waals surface area (Å²) < 4.78 is 11.0. The third kappa shape index (κ3) is 3.31. The summed E-state index contributed by atoms with van der Waals surface area (Å²) in [5.74, 6) is 1.37. The molecule has 1 saturated heterocycles. The van der Waals surface area contributed by atoms with E-state index in [1.54, 1.807) is 7.11 Å². The van der Waals surface area contributed by atoms with Crippen LogP contribution >= 0.6 is 0 Å².